The molecule has 2 rings (SSSR count). The third-order valence-electron chi connectivity index (χ3n) is 3.28. The fourth-order valence-electron chi connectivity index (χ4n) is 2.38. The first-order valence-electron chi connectivity index (χ1n) is 6.42. The van der Waals surface area contributed by atoms with Crippen LogP contribution in [-0.4, -0.2) is 35.4 Å². The topological polar surface area (TPSA) is 38.3 Å². The minimum absolute atomic E-state index is 0.297. The number of ether oxygens (including phenoxy) is 1. The molecule has 0 spiro atoms. The molecule has 0 fully saturated rings. The van der Waals surface area contributed by atoms with Gasteiger partial charge in [0.05, 0.1) is 6.61 Å². The van der Waals surface area contributed by atoms with Crippen LogP contribution in [0.1, 0.15) is 24.8 Å². The number of rotatable bonds is 5. The summed E-state index contributed by atoms with van der Waals surface area (Å²) in [6, 6.07) is 8.55. The van der Waals surface area contributed by atoms with Gasteiger partial charge in [-0.15, -0.1) is 0 Å². The molecule has 1 N–H and O–H groups in total. The summed E-state index contributed by atoms with van der Waals surface area (Å²) >= 11 is 0. The molecule has 1 aromatic carbocycles. The Labute approximate surface area is 111 Å². The van der Waals surface area contributed by atoms with Crippen LogP contribution in [-0.2, 0) is 10.8 Å². The third kappa shape index (κ3) is 3.56. The SMILES string of the molecule is CC(CS(C)=O)NCC1CCOc2ccccc21. The van der Waals surface area contributed by atoms with Gasteiger partial charge in [-0.3, -0.25) is 4.21 Å². The van der Waals surface area contributed by atoms with Crippen LogP contribution in [0.15, 0.2) is 24.3 Å². The van der Waals surface area contributed by atoms with Crippen molar-refractivity contribution in [3.8, 4) is 5.75 Å². The predicted molar refractivity (Wildman–Crippen MR) is 75.7 cm³/mol. The maximum absolute atomic E-state index is 11.2. The first kappa shape index (κ1) is 13.6. The van der Waals surface area contributed by atoms with Crippen LogP contribution >= 0.6 is 0 Å². The zero-order valence-electron chi connectivity index (χ0n) is 11.0. The molecule has 0 aromatic heterocycles. The Bertz CT molecular complexity index is 422. The summed E-state index contributed by atoms with van der Waals surface area (Å²) in [5.41, 5.74) is 1.29. The minimum atomic E-state index is -0.734. The Morgan fingerprint density at radius 1 is 1.50 bits per heavy atom. The smallest absolute Gasteiger partial charge is 0.122 e. The molecule has 3 atom stereocenters. The van der Waals surface area contributed by atoms with Crippen LogP contribution in [0.3, 0.4) is 0 Å². The number of fused-ring (bicyclic) bond motifs is 1. The van der Waals surface area contributed by atoms with Crippen molar-refractivity contribution in [1.29, 1.82) is 0 Å². The molecule has 1 aromatic rings. The van der Waals surface area contributed by atoms with Gasteiger partial charge in [-0.1, -0.05) is 18.2 Å². The van der Waals surface area contributed by atoms with E-state index >= 15 is 0 Å². The van der Waals surface area contributed by atoms with Crippen LogP contribution in [0.2, 0.25) is 0 Å². The quantitative estimate of drug-likeness (QED) is 0.885. The Balaban J connectivity index is 1.93. The Morgan fingerprint density at radius 3 is 3.06 bits per heavy atom. The second kappa shape index (κ2) is 6.34. The van der Waals surface area contributed by atoms with Crippen molar-refractivity contribution in [3.05, 3.63) is 29.8 Å². The first-order valence-corrected chi connectivity index (χ1v) is 8.14. The van der Waals surface area contributed by atoms with Gasteiger partial charge in [0.25, 0.3) is 0 Å². The van der Waals surface area contributed by atoms with Gasteiger partial charge in [0.15, 0.2) is 0 Å². The van der Waals surface area contributed by atoms with Crippen molar-refractivity contribution in [2.24, 2.45) is 0 Å². The normalized spacial score (nSPS) is 21.8. The van der Waals surface area contributed by atoms with Gasteiger partial charge < -0.3 is 10.1 Å². The van der Waals surface area contributed by atoms with E-state index in [1.807, 2.05) is 12.1 Å². The van der Waals surface area contributed by atoms with E-state index in [9.17, 15) is 4.21 Å². The summed E-state index contributed by atoms with van der Waals surface area (Å²) in [7, 11) is -0.734. The second-order valence-corrected chi connectivity index (χ2v) is 6.40. The van der Waals surface area contributed by atoms with Crippen molar-refractivity contribution < 1.29 is 8.95 Å². The lowest BCUT2D eigenvalue weighted by atomic mass is 9.93. The lowest BCUT2D eigenvalue weighted by Gasteiger charge is -2.27. The van der Waals surface area contributed by atoms with E-state index in [1.165, 1.54) is 5.56 Å². The lowest BCUT2D eigenvalue weighted by Crippen LogP contribution is -2.35. The van der Waals surface area contributed by atoms with Gasteiger partial charge in [0.2, 0.25) is 0 Å². The minimum Gasteiger partial charge on any atom is -0.493 e. The van der Waals surface area contributed by atoms with Crippen LogP contribution in [0.4, 0.5) is 0 Å². The molecule has 100 valence electrons. The van der Waals surface area contributed by atoms with Crippen molar-refractivity contribution >= 4 is 10.8 Å². The summed E-state index contributed by atoms with van der Waals surface area (Å²) in [5, 5.41) is 3.48. The molecule has 0 bridgehead atoms. The summed E-state index contributed by atoms with van der Waals surface area (Å²) in [5.74, 6) is 2.23. The first-order chi connectivity index (χ1) is 8.66. The fraction of sp³-hybridized carbons (Fsp3) is 0.571. The molecule has 0 aliphatic carbocycles. The van der Waals surface area contributed by atoms with E-state index in [0.717, 1.165) is 25.3 Å². The van der Waals surface area contributed by atoms with Crippen molar-refractivity contribution in [2.75, 3.05) is 25.2 Å². The van der Waals surface area contributed by atoms with E-state index in [-0.39, 0.29) is 0 Å². The number of hydrogen-bond donors (Lipinski definition) is 1. The molecule has 3 unspecified atom stereocenters. The molecular formula is C14H21NO2S. The molecule has 0 amide bonds. The Morgan fingerprint density at radius 2 is 2.28 bits per heavy atom. The average Bonchev–Trinajstić information content (AvgIpc) is 2.35. The van der Waals surface area contributed by atoms with Crippen molar-refractivity contribution in [1.82, 2.24) is 5.32 Å². The van der Waals surface area contributed by atoms with Gasteiger partial charge in [0, 0.05) is 41.3 Å². The molecule has 3 nitrogen and oxygen atoms in total. The maximum Gasteiger partial charge on any atom is 0.122 e. The standard InChI is InChI=1S/C14H21NO2S/c1-11(10-18(2)16)15-9-12-7-8-17-14-6-4-3-5-13(12)14/h3-6,11-12,15H,7-10H2,1-2H3. The molecule has 0 radical (unpaired) electrons. The Kier molecular flexibility index (Phi) is 4.78. The maximum atomic E-state index is 11.2. The summed E-state index contributed by atoms with van der Waals surface area (Å²) in [6.45, 7) is 3.81. The molecule has 0 saturated heterocycles. The molecule has 4 heteroatoms. The van der Waals surface area contributed by atoms with Crippen LogP contribution in [0.5, 0.6) is 5.75 Å². The van der Waals surface area contributed by atoms with E-state index in [1.54, 1.807) is 6.26 Å². The molecule has 1 heterocycles. The van der Waals surface area contributed by atoms with Crippen LogP contribution in [0.25, 0.3) is 0 Å². The highest BCUT2D eigenvalue weighted by atomic mass is 32.2. The van der Waals surface area contributed by atoms with Crippen LogP contribution < -0.4 is 10.1 Å². The third-order valence-corrected chi connectivity index (χ3v) is 4.25. The van der Waals surface area contributed by atoms with Gasteiger partial charge in [-0.25, -0.2) is 0 Å². The largest absolute Gasteiger partial charge is 0.493 e. The van der Waals surface area contributed by atoms with E-state index in [0.29, 0.717) is 17.7 Å². The fourth-order valence-corrected chi connectivity index (χ4v) is 3.20. The van der Waals surface area contributed by atoms with E-state index < -0.39 is 10.8 Å². The number of para-hydroxylation sites is 1. The highest BCUT2D eigenvalue weighted by Gasteiger charge is 2.21. The van der Waals surface area contributed by atoms with Crippen molar-refractivity contribution in [3.63, 3.8) is 0 Å². The highest BCUT2D eigenvalue weighted by Crippen LogP contribution is 2.32. The number of nitrogens with one attached hydrogen (secondary N) is 1. The molecule has 18 heavy (non-hydrogen) atoms. The molecule has 0 saturated carbocycles. The van der Waals surface area contributed by atoms with Gasteiger partial charge in [0.1, 0.15) is 5.75 Å². The molecule has 1 aliphatic heterocycles. The molecule has 1 aliphatic rings. The van der Waals surface area contributed by atoms with Gasteiger partial charge in [-0.2, -0.15) is 0 Å². The average molecular weight is 267 g/mol. The highest BCUT2D eigenvalue weighted by molar-refractivity contribution is 7.84. The predicted octanol–water partition coefficient (Wildman–Crippen LogP) is 1.91. The monoisotopic (exact) mass is 267 g/mol. The zero-order chi connectivity index (χ0) is 13.0. The summed E-state index contributed by atoms with van der Waals surface area (Å²) in [4.78, 5) is 0. The number of benzene rings is 1. The second-order valence-electron chi connectivity index (χ2n) is 4.92. The Hall–Kier alpha value is -0.870. The van der Waals surface area contributed by atoms with Crippen molar-refractivity contribution in [2.45, 2.75) is 25.3 Å². The summed E-state index contributed by atoms with van der Waals surface area (Å²) < 4.78 is 16.8. The molecular weight excluding hydrogens is 246 g/mol. The van der Waals surface area contributed by atoms with Gasteiger partial charge in [-0.05, 0) is 25.0 Å². The summed E-state index contributed by atoms with van der Waals surface area (Å²) in [6.07, 6.45) is 2.80. The van der Waals surface area contributed by atoms with Crippen LogP contribution in [0, 0.1) is 0 Å². The number of hydrogen-bond acceptors (Lipinski definition) is 3. The van der Waals surface area contributed by atoms with Gasteiger partial charge >= 0.3 is 0 Å². The lowest BCUT2D eigenvalue weighted by molar-refractivity contribution is 0.263. The van der Waals surface area contributed by atoms with E-state index in [4.69, 9.17) is 4.74 Å². The zero-order valence-corrected chi connectivity index (χ0v) is 11.8. The van der Waals surface area contributed by atoms with E-state index in [2.05, 4.69) is 24.4 Å².